The van der Waals surface area contributed by atoms with Crippen LogP contribution in [0.2, 0.25) is 0 Å². The molecule has 2 rings (SSSR count). The zero-order chi connectivity index (χ0) is 13.1. The van der Waals surface area contributed by atoms with Gasteiger partial charge in [0.05, 0.1) is 12.8 Å². The van der Waals surface area contributed by atoms with E-state index in [1.807, 2.05) is 12.1 Å². The lowest BCUT2D eigenvalue weighted by Crippen LogP contribution is -2.18. The lowest BCUT2D eigenvalue weighted by atomic mass is 10.0. The highest BCUT2D eigenvalue weighted by atomic mass is 79.9. The van der Waals surface area contributed by atoms with E-state index in [1.165, 1.54) is 6.92 Å². The molecular weight excluding hydrogens is 296 g/mol. The Morgan fingerprint density at radius 2 is 2.33 bits per heavy atom. The standard InChI is InChI=1S/C13H17BrN2O2/c1-8(17)16-13-11(18-2)6-5-9(14)12(13)10-4-3-7-15-10/h5-6,10,15H,3-4,7H2,1-2H3,(H,16,17). The summed E-state index contributed by atoms with van der Waals surface area (Å²) in [6.45, 7) is 2.51. The summed E-state index contributed by atoms with van der Waals surface area (Å²) < 4.78 is 6.33. The smallest absolute Gasteiger partial charge is 0.221 e. The van der Waals surface area contributed by atoms with Crippen LogP contribution in [0.4, 0.5) is 5.69 Å². The molecule has 0 bridgehead atoms. The quantitative estimate of drug-likeness (QED) is 0.902. The van der Waals surface area contributed by atoms with Crippen LogP contribution in [0.1, 0.15) is 31.4 Å². The number of carbonyl (C=O) groups is 1. The first-order valence-electron chi connectivity index (χ1n) is 6.01. The van der Waals surface area contributed by atoms with Gasteiger partial charge in [-0.05, 0) is 31.5 Å². The van der Waals surface area contributed by atoms with E-state index in [9.17, 15) is 4.79 Å². The van der Waals surface area contributed by atoms with E-state index in [0.29, 0.717) is 5.75 Å². The van der Waals surface area contributed by atoms with Crippen molar-refractivity contribution in [1.82, 2.24) is 5.32 Å². The number of nitrogens with one attached hydrogen (secondary N) is 2. The van der Waals surface area contributed by atoms with Crippen molar-refractivity contribution in [1.29, 1.82) is 0 Å². The summed E-state index contributed by atoms with van der Waals surface area (Å²) in [6.07, 6.45) is 2.21. The number of anilines is 1. The van der Waals surface area contributed by atoms with Crippen molar-refractivity contribution in [2.24, 2.45) is 0 Å². The molecule has 1 aromatic carbocycles. The summed E-state index contributed by atoms with van der Waals surface area (Å²) in [7, 11) is 1.61. The van der Waals surface area contributed by atoms with Gasteiger partial charge in [0.1, 0.15) is 5.75 Å². The summed E-state index contributed by atoms with van der Waals surface area (Å²) in [5, 5.41) is 6.32. The predicted molar refractivity (Wildman–Crippen MR) is 75.0 cm³/mol. The average molecular weight is 313 g/mol. The van der Waals surface area contributed by atoms with E-state index < -0.39 is 0 Å². The van der Waals surface area contributed by atoms with Gasteiger partial charge in [-0.1, -0.05) is 15.9 Å². The van der Waals surface area contributed by atoms with Gasteiger partial charge in [-0.15, -0.1) is 0 Å². The molecule has 1 aromatic rings. The monoisotopic (exact) mass is 312 g/mol. The van der Waals surface area contributed by atoms with Gasteiger partial charge in [0.2, 0.25) is 5.91 Å². The second-order valence-corrected chi connectivity index (χ2v) is 5.22. The molecule has 1 atom stereocenters. The minimum atomic E-state index is -0.0920. The van der Waals surface area contributed by atoms with Crippen LogP contribution in [0.5, 0.6) is 5.75 Å². The molecule has 0 spiro atoms. The average Bonchev–Trinajstić information content (AvgIpc) is 2.82. The van der Waals surface area contributed by atoms with Crippen LogP contribution in [0.15, 0.2) is 16.6 Å². The SMILES string of the molecule is COc1ccc(Br)c(C2CCCN2)c1NC(C)=O. The van der Waals surface area contributed by atoms with Crippen molar-refractivity contribution >= 4 is 27.5 Å². The molecular formula is C13H17BrN2O2. The zero-order valence-corrected chi connectivity index (χ0v) is 12.1. The number of methoxy groups -OCH3 is 1. The molecule has 1 heterocycles. The van der Waals surface area contributed by atoms with E-state index in [0.717, 1.165) is 35.1 Å². The molecule has 1 amide bonds. The van der Waals surface area contributed by atoms with Crippen molar-refractivity contribution in [3.63, 3.8) is 0 Å². The highest BCUT2D eigenvalue weighted by Crippen LogP contribution is 2.40. The predicted octanol–water partition coefficient (Wildman–Crippen LogP) is 2.84. The van der Waals surface area contributed by atoms with Crippen molar-refractivity contribution in [3.8, 4) is 5.75 Å². The molecule has 1 saturated heterocycles. The third-order valence-electron chi connectivity index (χ3n) is 3.08. The summed E-state index contributed by atoms with van der Waals surface area (Å²) in [5.74, 6) is 0.600. The first kappa shape index (κ1) is 13.4. The third-order valence-corrected chi connectivity index (χ3v) is 3.78. The Morgan fingerprint density at radius 3 is 2.89 bits per heavy atom. The summed E-state index contributed by atoms with van der Waals surface area (Å²) in [5.41, 5.74) is 1.83. The van der Waals surface area contributed by atoms with Crippen LogP contribution in [0, 0.1) is 0 Å². The highest BCUT2D eigenvalue weighted by Gasteiger charge is 2.24. The molecule has 0 aliphatic carbocycles. The van der Waals surface area contributed by atoms with Crippen LogP contribution in [-0.4, -0.2) is 19.6 Å². The Morgan fingerprint density at radius 1 is 1.56 bits per heavy atom. The summed E-state index contributed by atoms with van der Waals surface area (Å²) in [6, 6.07) is 4.07. The number of hydrogen-bond acceptors (Lipinski definition) is 3. The fourth-order valence-corrected chi connectivity index (χ4v) is 2.93. The van der Waals surface area contributed by atoms with Gasteiger partial charge in [-0.2, -0.15) is 0 Å². The minimum Gasteiger partial charge on any atom is -0.495 e. The normalized spacial score (nSPS) is 18.7. The van der Waals surface area contributed by atoms with Gasteiger partial charge in [0.15, 0.2) is 0 Å². The van der Waals surface area contributed by atoms with Crippen LogP contribution in [-0.2, 0) is 4.79 Å². The maximum absolute atomic E-state index is 11.4. The van der Waals surface area contributed by atoms with Gasteiger partial charge in [0.25, 0.3) is 0 Å². The van der Waals surface area contributed by atoms with E-state index >= 15 is 0 Å². The van der Waals surface area contributed by atoms with E-state index in [4.69, 9.17) is 4.74 Å². The van der Waals surface area contributed by atoms with E-state index in [1.54, 1.807) is 7.11 Å². The molecule has 2 N–H and O–H groups in total. The third kappa shape index (κ3) is 2.67. The second kappa shape index (κ2) is 5.71. The number of amides is 1. The number of hydrogen-bond donors (Lipinski definition) is 2. The molecule has 98 valence electrons. The first-order valence-corrected chi connectivity index (χ1v) is 6.80. The largest absolute Gasteiger partial charge is 0.495 e. The van der Waals surface area contributed by atoms with Crippen molar-refractivity contribution < 1.29 is 9.53 Å². The molecule has 18 heavy (non-hydrogen) atoms. The molecule has 1 aliphatic rings. The first-order chi connectivity index (χ1) is 8.63. The summed E-state index contributed by atoms with van der Waals surface area (Å²) >= 11 is 3.56. The van der Waals surface area contributed by atoms with E-state index in [2.05, 4.69) is 26.6 Å². The van der Waals surface area contributed by atoms with Crippen LogP contribution in [0.3, 0.4) is 0 Å². The molecule has 5 heteroatoms. The van der Waals surface area contributed by atoms with Gasteiger partial charge in [-0.25, -0.2) is 0 Å². The Bertz CT molecular complexity index is 457. The number of rotatable bonds is 3. The lowest BCUT2D eigenvalue weighted by molar-refractivity contribution is -0.114. The highest BCUT2D eigenvalue weighted by molar-refractivity contribution is 9.10. The maximum Gasteiger partial charge on any atom is 0.221 e. The van der Waals surface area contributed by atoms with Gasteiger partial charge >= 0.3 is 0 Å². The lowest BCUT2D eigenvalue weighted by Gasteiger charge is -2.20. The number of benzene rings is 1. The molecule has 0 aromatic heterocycles. The van der Waals surface area contributed by atoms with Gasteiger partial charge in [0, 0.05) is 23.0 Å². The van der Waals surface area contributed by atoms with Gasteiger partial charge < -0.3 is 15.4 Å². The van der Waals surface area contributed by atoms with Crippen LogP contribution in [0.25, 0.3) is 0 Å². The van der Waals surface area contributed by atoms with Crippen molar-refractivity contribution in [2.75, 3.05) is 19.0 Å². The molecule has 0 radical (unpaired) electrons. The Kier molecular flexibility index (Phi) is 4.24. The molecule has 1 fully saturated rings. The Balaban J connectivity index is 2.48. The van der Waals surface area contributed by atoms with Crippen molar-refractivity contribution in [2.45, 2.75) is 25.8 Å². The van der Waals surface area contributed by atoms with Crippen LogP contribution >= 0.6 is 15.9 Å². The molecule has 0 saturated carbocycles. The fraction of sp³-hybridized carbons (Fsp3) is 0.462. The molecule has 1 unspecified atom stereocenters. The number of ether oxygens (including phenoxy) is 1. The topological polar surface area (TPSA) is 50.4 Å². The molecule has 4 nitrogen and oxygen atoms in total. The Hall–Kier alpha value is -1.07. The van der Waals surface area contributed by atoms with Crippen LogP contribution < -0.4 is 15.4 Å². The Labute approximate surface area is 115 Å². The van der Waals surface area contributed by atoms with E-state index in [-0.39, 0.29) is 11.9 Å². The minimum absolute atomic E-state index is 0.0920. The molecule has 1 aliphatic heterocycles. The van der Waals surface area contributed by atoms with Gasteiger partial charge in [-0.3, -0.25) is 4.79 Å². The number of halogens is 1. The zero-order valence-electron chi connectivity index (χ0n) is 10.5. The number of carbonyl (C=O) groups excluding carboxylic acids is 1. The maximum atomic E-state index is 11.4. The van der Waals surface area contributed by atoms with Crippen molar-refractivity contribution in [3.05, 3.63) is 22.2 Å². The second-order valence-electron chi connectivity index (χ2n) is 4.37. The fourth-order valence-electron chi connectivity index (χ4n) is 2.32. The summed E-state index contributed by atoms with van der Waals surface area (Å²) in [4.78, 5) is 11.4.